The zero-order valence-electron chi connectivity index (χ0n) is 20.6. The van der Waals surface area contributed by atoms with Crippen LogP contribution < -0.4 is 10.2 Å². The Labute approximate surface area is 218 Å². The van der Waals surface area contributed by atoms with Gasteiger partial charge in [-0.05, 0) is 54.5 Å². The summed E-state index contributed by atoms with van der Waals surface area (Å²) in [5.41, 5.74) is 6.18. The Morgan fingerprint density at radius 2 is 1.61 bits per heavy atom. The number of cyclic esters (lactones) is 1. The highest BCUT2D eigenvalue weighted by atomic mass is 16.6. The maximum Gasteiger partial charge on any atom is 0.503 e. The summed E-state index contributed by atoms with van der Waals surface area (Å²) in [6.07, 6.45) is 0.408. The quantitative estimate of drug-likeness (QED) is 0.263. The van der Waals surface area contributed by atoms with Crippen LogP contribution in [0.3, 0.4) is 0 Å². The molecule has 0 spiro atoms. The van der Waals surface area contributed by atoms with E-state index in [1.807, 2.05) is 31.2 Å². The SMILES string of the molecule is Cc1noc(-c2ccc(-c3ccc(C4CC4)cc3)cc2)c1Nc1cccc(N2CCOC2=O)n1.O=C(O)O. The van der Waals surface area contributed by atoms with Crippen LogP contribution in [0, 0.1) is 6.92 Å². The molecule has 2 aromatic heterocycles. The number of nitrogens with zero attached hydrogens (tertiary/aromatic N) is 3. The van der Waals surface area contributed by atoms with Gasteiger partial charge in [0.05, 0.1) is 6.54 Å². The molecule has 1 saturated heterocycles. The summed E-state index contributed by atoms with van der Waals surface area (Å²) in [5.74, 6) is 2.54. The van der Waals surface area contributed by atoms with E-state index in [0.29, 0.717) is 30.5 Å². The van der Waals surface area contributed by atoms with Crippen LogP contribution in [0.25, 0.3) is 22.5 Å². The monoisotopic (exact) mass is 514 g/mol. The number of pyridine rings is 1. The standard InChI is InChI=1S/C27H24N4O3.CH2O3/c1-17-25(29-23-3-2-4-24(28-23)31-15-16-33-27(31)32)26(34-30-17)22-13-11-21(12-14-22)20-9-7-19(8-10-20)18-5-6-18;2-1(3)4/h2-4,7-14,18H,5-6,15-16H2,1H3,(H,28,29);(H2,2,3,4). The van der Waals surface area contributed by atoms with Gasteiger partial charge in [-0.2, -0.15) is 0 Å². The molecule has 0 unspecified atom stereocenters. The lowest BCUT2D eigenvalue weighted by molar-refractivity contribution is 0.137. The molecule has 1 aliphatic heterocycles. The first-order valence-corrected chi connectivity index (χ1v) is 12.2. The third kappa shape index (κ3) is 5.59. The van der Waals surface area contributed by atoms with Gasteiger partial charge in [-0.1, -0.05) is 59.8 Å². The number of carbonyl (C=O) groups is 2. The van der Waals surface area contributed by atoms with Gasteiger partial charge in [-0.15, -0.1) is 0 Å². The Morgan fingerprint density at radius 3 is 2.21 bits per heavy atom. The van der Waals surface area contributed by atoms with Gasteiger partial charge in [-0.25, -0.2) is 14.6 Å². The summed E-state index contributed by atoms with van der Waals surface area (Å²) in [6.45, 7) is 2.74. The number of benzene rings is 2. The summed E-state index contributed by atoms with van der Waals surface area (Å²) in [4.78, 5) is 26.5. The van der Waals surface area contributed by atoms with Gasteiger partial charge >= 0.3 is 12.2 Å². The molecule has 194 valence electrons. The lowest BCUT2D eigenvalue weighted by Gasteiger charge is -2.13. The number of aromatic nitrogens is 2. The smallest absolute Gasteiger partial charge is 0.450 e. The predicted octanol–water partition coefficient (Wildman–Crippen LogP) is 6.51. The molecule has 38 heavy (non-hydrogen) atoms. The fraction of sp³-hybridized carbons (Fsp3) is 0.214. The van der Waals surface area contributed by atoms with Crippen LogP contribution in [0.5, 0.6) is 0 Å². The van der Waals surface area contributed by atoms with E-state index >= 15 is 0 Å². The number of aryl methyl sites for hydroxylation is 1. The first-order valence-electron chi connectivity index (χ1n) is 12.2. The molecule has 10 nitrogen and oxygen atoms in total. The minimum Gasteiger partial charge on any atom is -0.450 e. The van der Waals surface area contributed by atoms with Gasteiger partial charge in [0.2, 0.25) is 0 Å². The van der Waals surface area contributed by atoms with Crippen LogP contribution >= 0.6 is 0 Å². The Hall–Kier alpha value is -4.86. The molecular weight excluding hydrogens is 488 g/mol. The zero-order valence-corrected chi connectivity index (χ0v) is 20.6. The van der Waals surface area contributed by atoms with Crippen molar-refractivity contribution in [3.8, 4) is 22.5 Å². The topological polar surface area (TPSA) is 138 Å². The van der Waals surface area contributed by atoms with Crippen LogP contribution in [0.2, 0.25) is 0 Å². The third-order valence-corrected chi connectivity index (χ3v) is 6.33. The summed E-state index contributed by atoms with van der Waals surface area (Å²) < 4.78 is 10.7. The lowest BCUT2D eigenvalue weighted by Crippen LogP contribution is -2.24. The minimum absolute atomic E-state index is 0.369. The van der Waals surface area contributed by atoms with E-state index in [-0.39, 0.29) is 6.09 Å². The van der Waals surface area contributed by atoms with Crippen molar-refractivity contribution in [2.24, 2.45) is 0 Å². The van der Waals surface area contributed by atoms with Gasteiger partial charge in [0.1, 0.15) is 29.6 Å². The number of nitrogens with one attached hydrogen (secondary N) is 1. The van der Waals surface area contributed by atoms with Crippen LogP contribution in [0.15, 0.2) is 71.3 Å². The Morgan fingerprint density at radius 1 is 0.974 bits per heavy atom. The molecule has 0 atom stereocenters. The van der Waals surface area contributed by atoms with Crippen molar-refractivity contribution in [2.45, 2.75) is 25.7 Å². The fourth-order valence-corrected chi connectivity index (χ4v) is 4.27. The van der Waals surface area contributed by atoms with Crippen molar-refractivity contribution in [1.82, 2.24) is 10.1 Å². The highest BCUT2D eigenvalue weighted by molar-refractivity contribution is 5.88. The second-order valence-corrected chi connectivity index (χ2v) is 9.00. The Kier molecular flexibility index (Phi) is 6.94. The maximum absolute atomic E-state index is 11.9. The minimum atomic E-state index is -1.83. The van der Waals surface area contributed by atoms with E-state index in [4.69, 9.17) is 24.3 Å². The van der Waals surface area contributed by atoms with Crippen molar-refractivity contribution in [3.05, 3.63) is 78.0 Å². The van der Waals surface area contributed by atoms with Gasteiger partial charge < -0.3 is 24.8 Å². The molecule has 3 heterocycles. The summed E-state index contributed by atoms with van der Waals surface area (Å²) in [7, 11) is 0. The molecule has 0 radical (unpaired) electrons. The predicted molar refractivity (Wildman–Crippen MR) is 141 cm³/mol. The number of hydrogen-bond donors (Lipinski definition) is 3. The van der Waals surface area contributed by atoms with Crippen LogP contribution in [0.4, 0.5) is 26.9 Å². The first kappa shape index (κ1) is 24.8. The van der Waals surface area contributed by atoms with E-state index in [0.717, 1.165) is 28.4 Å². The molecule has 2 aromatic carbocycles. The molecule has 6 rings (SSSR count). The number of carboxylic acid groups (broad SMARTS) is 2. The molecule has 1 saturated carbocycles. The number of hydrogen-bond acceptors (Lipinski definition) is 7. The van der Waals surface area contributed by atoms with Crippen LogP contribution in [-0.2, 0) is 4.74 Å². The average molecular weight is 515 g/mol. The van der Waals surface area contributed by atoms with Crippen molar-refractivity contribution < 1.29 is 29.1 Å². The van der Waals surface area contributed by atoms with E-state index in [2.05, 4.69) is 51.9 Å². The maximum atomic E-state index is 11.9. The van der Waals surface area contributed by atoms with E-state index < -0.39 is 6.16 Å². The summed E-state index contributed by atoms with van der Waals surface area (Å²) in [6, 6.07) is 22.6. The van der Waals surface area contributed by atoms with Gasteiger partial charge in [-0.3, -0.25) is 4.90 Å². The summed E-state index contributed by atoms with van der Waals surface area (Å²) >= 11 is 0. The van der Waals surface area contributed by atoms with Gasteiger partial charge in [0.25, 0.3) is 0 Å². The molecular formula is C28H26N4O6. The second kappa shape index (κ2) is 10.6. The van der Waals surface area contributed by atoms with Crippen molar-refractivity contribution in [3.63, 3.8) is 0 Å². The van der Waals surface area contributed by atoms with Crippen LogP contribution in [0.1, 0.15) is 30.0 Å². The molecule has 0 bridgehead atoms. The van der Waals surface area contributed by atoms with Crippen molar-refractivity contribution >= 4 is 29.6 Å². The number of ether oxygens (including phenoxy) is 1. The molecule has 2 fully saturated rings. The molecule has 1 aliphatic carbocycles. The number of carbonyl (C=O) groups excluding carboxylic acids is 1. The molecule has 3 N–H and O–H groups in total. The highest BCUT2D eigenvalue weighted by Gasteiger charge is 2.25. The number of anilines is 3. The summed E-state index contributed by atoms with van der Waals surface area (Å²) in [5, 5.41) is 21.4. The molecule has 1 amide bonds. The number of rotatable bonds is 6. The van der Waals surface area contributed by atoms with Gasteiger partial charge in [0.15, 0.2) is 5.76 Å². The Balaban J connectivity index is 0.000000689. The van der Waals surface area contributed by atoms with E-state index in [9.17, 15) is 4.79 Å². The van der Waals surface area contributed by atoms with Gasteiger partial charge in [0, 0.05) is 5.56 Å². The van der Waals surface area contributed by atoms with E-state index in [1.54, 1.807) is 6.07 Å². The Bertz CT molecular complexity index is 1440. The van der Waals surface area contributed by atoms with Crippen LogP contribution in [-0.4, -0.2) is 45.8 Å². The fourth-order valence-electron chi connectivity index (χ4n) is 4.27. The van der Waals surface area contributed by atoms with Crippen molar-refractivity contribution in [1.29, 1.82) is 0 Å². The van der Waals surface area contributed by atoms with Crippen molar-refractivity contribution in [2.75, 3.05) is 23.4 Å². The second-order valence-electron chi connectivity index (χ2n) is 9.00. The zero-order chi connectivity index (χ0) is 26.6. The molecule has 4 aromatic rings. The first-order chi connectivity index (χ1) is 18.4. The largest absolute Gasteiger partial charge is 0.503 e. The normalized spacial score (nSPS) is 14.4. The highest BCUT2D eigenvalue weighted by Crippen LogP contribution is 2.40. The molecule has 2 aliphatic rings. The molecule has 10 heteroatoms. The number of amides is 1. The van der Waals surface area contributed by atoms with E-state index in [1.165, 1.54) is 28.9 Å². The lowest BCUT2D eigenvalue weighted by atomic mass is 10.0. The third-order valence-electron chi connectivity index (χ3n) is 6.33. The average Bonchev–Trinajstić information content (AvgIpc) is 3.58.